The van der Waals surface area contributed by atoms with Crippen molar-refractivity contribution in [3.8, 4) is 11.5 Å². The smallest absolute Gasteiger partial charge is 0.163 e. The fourth-order valence-electron chi connectivity index (χ4n) is 2.98. The van der Waals surface area contributed by atoms with Gasteiger partial charge in [0.05, 0.1) is 18.2 Å². The van der Waals surface area contributed by atoms with Gasteiger partial charge in [-0.1, -0.05) is 29.3 Å². The quantitative estimate of drug-likeness (QED) is 0.661. The molecule has 0 amide bonds. The molecule has 1 heterocycles. The zero-order valence-electron chi connectivity index (χ0n) is 15.1. The van der Waals surface area contributed by atoms with E-state index < -0.39 is 5.82 Å². The summed E-state index contributed by atoms with van der Waals surface area (Å²) in [5.74, 6) is 0.549. The van der Waals surface area contributed by atoms with Gasteiger partial charge in [0, 0.05) is 36.3 Å². The molecule has 0 bridgehead atoms. The van der Waals surface area contributed by atoms with Crippen molar-refractivity contribution in [2.24, 2.45) is 0 Å². The molecule has 3 rings (SSSR count). The summed E-state index contributed by atoms with van der Waals surface area (Å²) in [6.45, 7) is 2.19. The van der Waals surface area contributed by atoms with Gasteiger partial charge in [0.15, 0.2) is 11.5 Å². The zero-order valence-corrected chi connectivity index (χ0v) is 16.6. The summed E-state index contributed by atoms with van der Waals surface area (Å²) in [7, 11) is 1.55. The van der Waals surface area contributed by atoms with Crippen LogP contribution in [0.4, 0.5) is 4.39 Å². The standard InChI is InChI=1S/C20H22Cl2FNO3/c1-25-19-8-13(10-24-11-14-4-3-7-26-14)17(22)9-20(19)27-12-15-16(21)5-2-6-18(15)23/h2,5-6,8-9,14,24H,3-4,7,10-12H2,1H3. The van der Waals surface area contributed by atoms with Crippen LogP contribution < -0.4 is 14.8 Å². The Morgan fingerprint density at radius 3 is 2.78 bits per heavy atom. The Morgan fingerprint density at radius 2 is 2.07 bits per heavy atom. The number of nitrogens with one attached hydrogen (secondary N) is 1. The summed E-state index contributed by atoms with van der Waals surface area (Å²) in [6, 6.07) is 8.02. The maximum atomic E-state index is 13.9. The Hall–Kier alpha value is -1.53. The molecule has 1 N–H and O–H groups in total. The van der Waals surface area contributed by atoms with Crippen LogP contribution in [0.25, 0.3) is 0 Å². The van der Waals surface area contributed by atoms with Crippen LogP contribution in [0.15, 0.2) is 30.3 Å². The monoisotopic (exact) mass is 413 g/mol. The summed E-state index contributed by atoms with van der Waals surface area (Å²) in [5.41, 5.74) is 1.18. The van der Waals surface area contributed by atoms with Crippen LogP contribution >= 0.6 is 23.2 Å². The molecule has 0 radical (unpaired) electrons. The third kappa shape index (κ3) is 5.26. The Bertz CT molecular complexity index is 762. The molecule has 1 aliphatic rings. The maximum absolute atomic E-state index is 13.9. The fraction of sp³-hybridized carbons (Fsp3) is 0.400. The average molecular weight is 414 g/mol. The molecule has 27 heavy (non-hydrogen) atoms. The first-order chi connectivity index (χ1) is 13.1. The van der Waals surface area contributed by atoms with Crippen LogP contribution in [0.3, 0.4) is 0 Å². The molecule has 0 aromatic heterocycles. The molecule has 1 atom stereocenters. The van der Waals surface area contributed by atoms with E-state index in [2.05, 4.69) is 5.32 Å². The van der Waals surface area contributed by atoms with E-state index in [-0.39, 0.29) is 12.7 Å². The molecule has 2 aromatic rings. The van der Waals surface area contributed by atoms with E-state index in [1.165, 1.54) is 6.07 Å². The third-order valence-electron chi connectivity index (χ3n) is 4.48. The normalized spacial score (nSPS) is 16.5. The molecule has 1 fully saturated rings. The van der Waals surface area contributed by atoms with Gasteiger partial charge < -0.3 is 19.5 Å². The lowest BCUT2D eigenvalue weighted by atomic mass is 10.1. The predicted octanol–water partition coefficient (Wildman–Crippen LogP) is 4.99. The molecular weight excluding hydrogens is 392 g/mol. The Morgan fingerprint density at radius 1 is 1.22 bits per heavy atom. The third-order valence-corrected chi connectivity index (χ3v) is 5.18. The Labute approximate surface area is 168 Å². The molecule has 1 saturated heterocycles. The SMILES string of the molecule is COc1cc(CNCC2CCCO2)c(Cl)cc1OCc1c(F)cccc1Cl. The lowest BCUT2D eigenvalue weighted by Crippen LogP contribution is -2.25. The van der Waals surface area contributed by atoms with Gasteiger partial charge >= 0.3 is 0 Å². The van der Waals surface area contributed by atoms with Crippen molar-refractivity contribution in [2.75, 3.05) is 20.3 Å². The number of halogens is 3. The van der Waals surface area contributed by atoms with Gasteiger partial charge in [-0.3, -0.25) is 0 Å². The first-order valence-corrected chi connectivity index (χ1v) is 9.58. The van der Waals surface area contributed by atoms with Gasteiger partial charge in [-0.2, -0.15) is 0 Å². The van der Waals surface area contributed by atoms with Crippen LogP contribution in [-0.4, -0.2) is 26.4 Å². The van der Waals surface area contributed by atoms with Gasteiger partial charge in [-0.25, -0.2) is 4.39 Å². The molecule has 0 spiro atoms. The van der Waals surface area contributed by atoms with Gasteiger partial charge in [0.1, 0.15) is 12.4 Å². The summed E-state index contributed by atoms with van der Waals surface area (Å²) in [4.78, 5) is 0. The van der Waals surface area contributed by atoms with Gasteiger partial charge in [0.2, 0.25) is 0 Å². The number of ether oxygens (including phenoxy) is 3. The number of benzene rings is 2. The van der Waals surface area contributed by atoms with E-state index in [4.69, 9.17) is 37.4 Å². The summed E-state index contributed by atoms with van der Waals surface area (Å²) < 4.78 is 30.6. The van der Waals surface area contributed by atoms with Crippen molar-refractivity contribution in [3.63, 3.8) is 0 Å². The fourth-order valence-corrected chi connectivity index (χ4v) is 3.42. The molecule has 7 heteroatoms. The molecule has 146 valence electrons. The number of hydrogen-bond donors (Lipinski definition) is 1. The summed E-state index contributed by atoms with van der Waals surface area (Å²) >= 11 is 12.4. The van der Waals surface area contributed by atoms with Crippen molar-refractivity contribution in [3.05, 3.63) is 57.3 Å². The molecule has 2 aromatic carbocycles. The van der Waals surface area contributed by atoms with Gasteiger partial charge in [-0.05, 0) is 36.6 Å². The minimum Gasteiger partial charge on any atom is -0.493 e. The Kier molecular flexibility index (Phi) is 7.19. The van der Waals surface area contributed by atoms with Crippen molar-refractivity contribution in [1.82, 2.24) is 5.32 Å². The highest BCUT2D eigenvalue weighted by Crippen LogP contribution is 2.34. The van der Waals surface area contributed by atoms with Crippen molar-refractivity contribution in [1.29, 1.82) is 0 Å². The number of rotatable bonds is 8. The molecular formula is C20H22Cl2FNO3. The average Bonchev–Trinajstić information content (AvgIpc) is 3.16. The first-order valence-electron chi connectivity index (χ1n) is 8.83. The first kappa shape index (κ1) is 20.2. The molecule has 4 nitrogen and oxygen atoms in total. The number of hydrogen-bond acceptors (Lipinski definition) is 4. The second-order valence-electron chi connectivity index (χ2n) is 6.35. The van der Waals surface area contributed by atoms with E-state index in [1.807, 2.05) is 6.07 Å². The van der Waals surface area contributed by atoms with Crippen LogP contribution in [0.5, 0.6) is 11.5 Å². The summed E-state index contributed by atoms with van der Waals surface area (Å²) in [5, 5.41) is 4.22. The highest BCUT2D eigenvalue weighted by Gasteiger charge is 2.16. The maximum Gasteiger partial charge on any atom is 0.163 e. The van der Waals surface area contributed by atoms with Crippen LogP contribution in [-0.2, 0) is 17.9 Å². The minimum atomic E-state index is -0.414. The molecule has 1 unspecified atom stereocenters. The highest BCUT2D eigenvalue weighted by atomic mass is 35.5. The predicted molar refractivity (Wildman–Crippen MR) is 104 cm³/mol. The van der Waals surface area contributed by atoms with E-state index >= 15 is 0 Å². The Balaban J connectivity index is 1.66. The lowest BCUT2D eigenvalue weighted by Gasteiger charge is -2.16. The van der Waals surface area contributed by atoms with E-state index in [0.717, 1.165) is 31.6 Å². The van der Waals surface area contributed by atoms with Crippen LogP contribution in [0, 0.1) is 5.82 Å². The van der Waals surface area contributed by atoms with E-state index in [0.29, 0.717) is 33.7 Å². The van der Waals surface area contributed by atoms with Crippen molar-refractivity contribution >= 4 is 23.2 Å². The van der Waals surface area contributed by atoms with Crippen molar-refractivity contribution in [2.45, 2.75) is 32.1 Å². The van der Waals surface area contributed by atoms with Crippen molar-refractivity contribution < 1.29 is 18.6 Å². The molecule has 1 aliphatic heterocycles. The zero-order chi connectivity index (χ0) is 19.2. The molecule has 0 aliphatic carbocycles. The second-order valence-corrected chi connectivity index (χ2v) is 7.16. The van der Waals surface area contributed by atoms with Gasteiger partial charge in [-0.15, -0.1) is 0 Å². The largest absolute Gasteiger partial charge is 0.493 e. The summed E-state index contributed by atoms with van der Waals surface area (Å²) in [6.07, 6.45) is 2.45. The topological polar surface area (TPSA) is 39.7 Å². The van der Waals surface area contributed by atoms with E-state index in [1.54, 1.807) is 25.3 Å². The second kappa shape index (κ2) is 9.60. The van der Waals surface area contributed by atoms with Crippen LogP contribution in [0.2, 0.25) is 10.0 Å². The minimum absolute atomic E-state index is 0.0190. The van der Waals surface area contributed by atoms with Crippen LogP contribution in [0.1, 0.15) is 24.0 Å². The number of methoxy groups -OCH3 is 1. The van der Waals surface area contributed by atoms with Gasteiger partial charge in [0.25, 0.3) is 0 Å². The lowest BCUT2D eigenvalue weighted by molar-refractivity contribution is 0.110. The molecule has 0 saturated carbocycles. The highest BCUT2D eigenvalue weighted by molar-refractivity contribution is 6.31. The van der Waals surface area contributed by atoms with E-state index in [9.17, 15) is 4.39 Å².